The maximum absolute atomic E-state index is 12.2. The van der Waals surface area contributed by atoms with Gasteiger partial charge in [0.1, 0.15) is 5.37 Å². The zero-order chi connectivity index (χ0) is 14.0. The minimum atomic E-state index is -3.13. The van der Waals surface area contributed by atoms with Crippen molar-refractivity contribution in [1.29, 1.82) is 0 Å². The lowest BCUT2D eigenvalue weighted by Gasteiger charge is -2.37. The Balaban J connectivity index is 2.40. The topological polar surface area (TPSA) is 63.4 Å². The lowest BCUT2D eigenvalue weighted by Crippen LogP contribution is -2.48. The van der Waals surface area contributed by atoms with E-state index in [2.05, 4.69) is 0 Å². The summed E-state index contributed by atoms with van der Waals surface area (Å²) in [5, 5.41) is 0.000535. The van der Waals surface area contributed by atoms with E-state index in [-0.39, 0.29) is 5.75 Å². The van der Waals surface area contributed by atoms with Crippen LogP contribution in [0, 0.1) is 0 Å². The van der Waals surface area contributed by atoms with E-state index in [4.69, 9.17) is 17.3 Å². The fraction of sp³-hybridized carbons (Fsp3) is 0.500. The van der Waals surface area contributed by atoms with E-state index < -0.39 is 15.2 Å². The maximum Gasteiger partial charge on any atom is 0.171 e. The van der Waals surface area contributed by atoms with Crippen LogP contribution in [0.3, 0.4) is 0 Å². The fourth-order valence-corrected chi connectivity index (χ4v) is 5.38. The summed E-state index contributed by atoms with van der Waals surface area (Å²) >= 11 is 7.86. The Morgan fingerprint density at radius 3 is 2.89 bits per heavy atom. The summed E-state index contributed by atoms with van der Waals surface area (Å²) in [6.07, 6.45) is 0. The van der Waals surface area contributed by atoms with Crippen LogP contribution in [0.4, 0.5) is 11.4 Å². The minimum absolute atomic E-state index is 0.140. The average molecular weight is 321 g/mol. The van der Waals surface area contributed by atoms with Gasteiger partial charge in [-0.3, -0.25) is 0 Å². The van der Waals surface area contributed by atoms with Crippen molar-refractivity contribution in [2.45, 2.75) is 12.3 Å². The van der Waals surface area contributed by atoms with Crippen LogP contribution in [-0.4, -0.2) is 37.6 Å². The highest BCUT2D eigenvalue weighted by atomic mass is 35.5. The molecule has 7 heteroatoms. The van der Waals surface area contributed by atoms with Crippen LogP contribution in [0.5, 0.6) is 0 Å². The Kier molecular flexibility index (Phi) is 4.53. The number of sulfone groups is 1. The average Bonchev–Trinajstić information content (AvgIpc) is 2.39. The number of halogens is 1. The van der Waals surface area contributed by atoms with E-state index >= 15 is 0 Å². The van der Waals surface area contributed by atoms with Crippen molar-refractivity contribution < 1.29 is 8.42 Å². The van der Waals surface area contributed by atoms with E-state index in [0.29, 0.717) is 23.0 Å². The molecule has 0 bridgehead atoms. The van der Waals surface area contributed by atoms with Gasteiger partial charge in [-0.15, -0.1) is 0 Å². The van der Waals surface area contributed by atoms with E-state index in [1.54, 1.807) is 36.9 Å². The molecule has 0 radical (unpaired) electrons. The summed E-state index contributed by atoms with van der Waals surface area (Å²) in [6, 6.07) is 5.21. The number of anilines is 2. The predicted molar refractivity (Wildman–Crippen MR) is 83.8 cm³/mol. The summed E-state index contributed by atoms with van der Waals surface area (Å²) < 4.78 is 24.4. The molecule has 4 nitrogen and oxygen atoms in total. The van der Waals surface area contributed by atoms with E-state index in [9.17, 15) is 8.42 Å². The Morgan fingerprint density at radius 1 is 1.53 bits per heavy atom. The van der Waals surface area contributed by atoms with Crippen LogP contribution in [0.1, 0.15) is 6.92 Å². The Hall–Kier alpha value is -0.590. The van der Waals surface area contributed by atoms with Crippen LogP contribution in [0.2, 0.25) is 5.02 Å². The lowest BCUT2D eigenvalue weighted by atomic mass is 10.2. The Labute approximate surface area is 123 Å². The smallest absolute Gasteiger partial charge is 0.171 e. The van der Waals surface area contributed by atoms with Crippen molar-refractivity contribution in [1.82, 2.24) is 0 Å². The molecule has 2 rings (SSSR count). The fourth-order valence-electron chi connectivity index (χ4n) is 2.10. The molecule has 19 heavy (non-hydrogen) atoms. The third-order valence-corrected chi connectivity index (χ3v) is 6.77. The van der Waals surface area contributed by atoms with Gasteiger partial charge in [-0.25, -0.2) is 8.42 Å². The first-order chi connectivity index (χ1) is 8.95. The van der Waals surface area contributed by atoms with Gasteiger partial charge in [0, 0.05) is 29.5 Å². The number of nitrogens with zero attached hydrogens (tertiary/aromatic N) is 1. The summed E-state index contributed by atoms with van der Waals surface area (Å²) in [4.78, 5) is 1.89. The molecular formula is C12H17ClN2O2S2. The number of rotatable bonds is 3. The molecule has 1 aromatic carbocycles. The molecule has 0 aromatic heterocycles. The number of hydrogen-bond donors (Lipinski definition) is 1. The molecule has 0 spiro atoms. The molecule has 1 aliphatic rings. The van der Waals surface area contributed by atoms with Crippen LogP contribution < -0.4 is 10.6 Å². The highest BCUT2D eigenvalue weighted by molar-refractivity contribution is 8.01. The molecular weight excluding hydrogens is 304 g/mol. The normalized spacial score (nSPS) is 20.5. The van der Waals surface area contributed by atoms with Crippen LogP contribution in [-0.2, 0) is 9.84 Å². The first-order valence-corrected chi connectivity index (χ1v) is 9.31. The van der Waals surface area contributed by atoms with Gasteiger partial charge >= 0.3 is 0 Å². The zero-order valence-corrected chi connectivity index (χ0v) is 13.1. The van der Waals surface area contributed by atoms with Crippen LogP contribution >= 0.6 is 23.4 Å². The molecule has 1 atom stereocenters. The van der Waals surface area contributed by atoms with E-state index in [0.717, 1.165) is 11.4 Å². The van der Waals surface area contributed by atoms with Gasteiger partial charge in [0.15, 0.2) is 9.84 Å². The van der Waals surface area contributed by atoms with E-state index in [1.165, 1.54) is 0 Å². The SMILES string of the molecule is CCS(=O)(=O)C1CSCCN1c1ccc(N)cc1Cl. The molecule has 1 saturated heterocycles. The van der Waals surface area contributed by atoms with Gasteiger partial charge < -0.3 is 10.6 Å². The predicted octanol–water partition coefficient (Wildman–Crippen LogP) is 2.24. The molecule has 0 saturated carbocycles. The maximum atomic E-state index is 12.2. The van der Waals surface area contributed by atoms with Crippen molar-refractivity contribution in [2.75, 3.05) is 34.4 Å². The van der Waals surface area contributed by atoms with Gasteiger partial charge in [-0.05, 0) is 18.2 Å². The third kappa shape index (κ3) is 3.12. The number of nitrogens with two attached hydrogens (primary N) is 1. The standard InChI is InChI=1S/C12H17ClN2O2S2/c1-2-19(16,17)12-8-18-6-5-15(12)11-4-3-9(14)7-10(11)13/h3-4,7,12H,2,5-6,8,14H2,1H3. The summed E-state index contributed by atoms with van der Waals surface area (Å²) in [6.45, 7) is 2.36. The monoisotopic (exact) mass is 320 g/mol. The lowest BCUT2D eigenvalue weighted by molar-refractivity contribution is 0.579. The van der Waals surface area contributed by atoms with Crippen LogP contribution in [0.15, 0.2) is 18.2 Å². The Morgan fingerprint density at radius 2 is 2.26 bits per heavy atom. The summed E-state index contributed by atoms with van der Waals surface area (Å²) in [7, 11) is -3.13. The van der Waals surface area contributed by atoms with Crippen molar-refractivity contribution in [3.63, 3.8) is 0 Å². The first kappa shape index (κ1) is 14.8. The Bertz CT molecular complexity index is 563. The minimum Gasteiger partial charge on any atom is -0.399 e. The zero-order valence-electron chi connectivity index (χ0n) is 10.7. The third-order valence-electron chi connectivity index (χ3n) is 3.18. The second-order valence-electron chi connectivity index (χ2n) is 4.39. The molecule has 1 aromatic rings. The second-order valence-corrected chi connectivity index (χ2v) is 8.39. The van der Waals surface area contributed by atoms with Gasteiger partial charge in [-0.1, -0.05) is 18.5 Å². The van der Waals surface area contributed by atoms with Crippen molar-refractivity contribution in [3.8, 4) is 0 Å². The molecule has 0 aliphatic carbocycles. The highest BCUT2D eigenvalue weighted by Gasteiger charge is 2.33. The van der Waals surface area contributed by atoms with Crippen LogP contribution in [0.25, 0.3) is 0 Å². The van der Waals surface area contributed by atoms with E-state index in [1.807, 2.05) is 4.90 Å². The molecule has 1 aliphatic heterocycles. The first-order valence-electron chi connectivity index (χ1n) is 6.06. The molecule has 1 fully saturated rings. The second kappa shape index (κ2) is 5.81. The molecule has 0 amide bonds. The molecule has 1 heterocycles. The van der Waals surface area contributed by atoms with Gasteiger partial charge in [0.25, 0.3) is 0 Å². The summed E-state index contributed by atoms with van der Waals surface area (Å²) in [5.74, 6) is 1.62. The van der Waals surface area contributed by atoms with Gasteiger partial charge in [0.2, 0.25) is 0 Å². The van der Waals surface area contributed by atoms with Crippen molar-refractivity contribution in [2.24, 2.45) is 0 Å². The number of benzene rings is 1. The largest absolute Gasteiger partial charge is 0.399 e. The van der Waals surface area contributed by atoms with Gasteiger partial charge in [0.05, 0.1) is 10.7 Å². The molecule has 1 unspecified atom stereocenters. The molecule has 2 N–H and O–H groups in total. The number of nitrogen functional groups attached to an aromatic ring is 1. The highest BCUT2D eigenvalue weighted by Crippen LogP contribution is 2.33. The molecule has 106 valence electrons. The van der Waals surface area contributed by atoms with Crippen molar-refractivity contribution in [3.05, 3.63) is 23.2 Å². The number of hydrogen-bond acceptors (Lipinski definition) is 5. The summed E-state index contributed by atoms with van der Waals surface area (Å²) in [5.41, 5.74) is 7.01. The van der Waals surface area contributed by atoms with Crippen molar-refractivity contribution >= 4 is 44.6 Å². The number of thioether (sulfide) groups is 1. The van der Waals surface area contributed by atoms with Gasteiger partial charge in [-0.2, -0.15) is 11.8 Å². The quantitative estimate of drug-likeness (QED) is 0.865.